The molecule has 3 N–H and O–H groups in total. The highest BCUT2D eigenvalue weighted by molar-refractivity contribution is 5.73. The van der Waals surface area contributed by atoms with Crippen LogP contribution in [0.15, 0.2) is 12.7 Å². The first kappa shape index (κ1) is 18.4. The van der Waals surface area contributed by atoms with Crippen LogP contribution < -0.4 is 5.32 Å². The smallest absolute Gasteiger partial charge is 0.407 e. The Morgan fingerprint density at radius 3 is 2.45 bits per heavy atom. The number of esters is 1. The van der Waals surface area contributed by atoms with Gasteiger partial charge < -0.3 is 25.0 Å². The average Bonchev–Trinajstić information content (AvgIpc) is 2.32. The molecule has 0 aromatic heterocycles. The first-order valence-corrected chi connectivity index (χ1v) is 6.24. The number of ether oxygens (including phenoxy) is 2. The normalized spacial score (nSPS) is 14.1. The van der Waals surface area contributed by atoms with Crippen LogP contribution in [0.5, 0.6) is 0 Å². The number of hydrogen-bond donors (Lipinski definition) is 3. The van der Waals surface area contributed by atoms with E-state index >= 15 is 0 Å². The summed E-state index contributed by atoms with van der Waals surface area (Å²) in [6, 6.07) is -0.993. The molecule has 116 valence electrons. The second-order valence-corrected chi connectivity index (χ2v) is 5.18. The number of aliphatic hydroxyl groups is 2. The molecule has 0 aliphatic rings. The molecule has 0 spiro atoms. The summed E-state index contributed by atoms with van der Waals surface area (Å²) in [6.45, 7) is 7.89. The fraction of sp³-hybridized carbons (Fsp3) is 0.692. The van der Waals surface area contributed by atoms with Gasteiger partial charge in [0.2, 0.25) is 0 Å². The molecule has 0 aliphatic carbocycles. The maximum atomic E-state index is 11.7. The van der Waals surface area contributed by atoms with Gasteiger partial charge in [-0.2, -0.15) is 0 Å². The van der Waals surface area contributed by atoms with Crippen LogP contribution in [0.2, 0.25) is 0 Å². The van der Waals surface area contributed by atoms with Crippen LogP contribution in [-0.4, -0.2) is 53.2 Å². The summed E-state index contributed by atoms with van der Waals surface area (Å²) in [5, 5.41) is 20.8. The average molecular weight is 289 g/mol. The Hall–Kier alpha value is -1.60. The van der Waals surface area contributed by atoms with E-state index in [2.05, 4.69) is 16.6 Å². The standard InChI is InChI=1S/C13H23NO6/c1-5-6-19-12(18)14-9(10(16)8-15)7-11(17)20-13(2,3)4/h5,9-10,15-16H,1,6-8H2,2-4H3,(H,14,18)/t9-,10-/m0/s1. The zero-order valence-corrected chi connectivity index (χ0v) is 12.1. The molecule has 0 saturated carbocycles. The van der Waals surface area contributed by atoms with Crippen molar-refractivity contribution < 1.29 is 29.3 Å². The minimum absolute atomic E-state index is 0.000209. The van der Waals surface area contributed by atoms with Crippen molar-refractivity contribution in [2.24, 2.45) is 0 Å². The number of alkyl carbamates (subject to hydrolysis) is 1. The van der Waals surface area contributed by atoms with E-state index in [0.717, 1.165) is 0 Å². The summed E-state index contributed by atoms with van der Waals surface area (Å²) in [6.07, 6.45) is -1.00. The van der Waals surface area contributed by atoms with Crippen molar-refractivity contribution in [3.05, 3.63) is 12.7 Å². The third-order valence-electron chi connectivity index (χ3n) is 2.09. The van der Waals surface area contributed by atoms with Crippen molar-refractivity contribution in [2.45, 2.75) is 44.9 Å². The SMILES string of the molecule is C=CCOC(=O)N[C@@H](CC(=O)OC(C)(C)C)[C@@H](O)CO. The van der Waals surface area contributed by atoms with Crippen LogP contribution >= 0.6 is 0 Å². The van der Waals surface area contributed by atoms with E-state index in [1.165, 1.54) is 6.08 Å². The fourth-order valence-electron chi connectivity index (χ4n) is 1.30. The van der Waals surface area contributed by atoms with Crippen LogP contribution in [-0.2, 0) is 14.3 Å². The number of hydrogen-bond acceptors (Lipinski definition) is 6. The van der Waals surface area contributed by atoms with Gasteiger partial charge in [-0.15, -0.1) is 0 Å². The highest BCUT2D eigenvalue weighted by Crippen LogP contribution is 2.10. The zero-order chi connectivity index (χ0) is 15.8. The number of nitrogens with one attached hydrogen (secondary N) is 1. The summed E-state index contributed by atoms with van der Waals surface area (Å²) in [4.78, 5) is 23.0. The Bertz CT molecular complexity index is 336. The molecule has 7 nitrogen and oxygen atoms in total. The lowest BCUT2D eigenvalue weighted by molar-refractivity contribution is -0.156. The molecule has 7 heteroatoms. The largest absolute Gasteiger partial charge is 0.460 e. The lowest BCUT2D eigenvalue weighted by atomic mass is 10.1. The van der Waals surface area contributed by atoms with E-state index in [1.54, 1.807) is 20.8 Å². The van der Waals surface area contributed by atoms with Gasteiger partial charge >= 0.3 is 12.1 Å². The second kappa shape index (κ2) is 8.55. The molecule has 20 heavy (non-hydrogen) atoms. The predicted octanol–water partition coefficient (Wildman–Crippen LogP) is 0.352. The van der Waals surface area contributed by atoms with E-state index in [0.29, 0.717) is 0 Å². The first-order chi connectivity index (χ1) is 9.19. The number of aliphatic hydroxyl groups excluding tert-OH is 2. The first-order valence-electron chi connectivity index (χ1n) is 6.24. The minimum atomic E-state index is -1.29. The lowest BCUT2D eigenvalue weighted by Crippen LogP contribution is -2.47. The summed E-state index contributed by atoms with van der Waals surface area (Å²) in [5.74, 6) is -0.598. The molecule has 2 atom stereocenters. The molecule has 0 fully saturated rings. The Morgan fingerprint density at radius 1 is 1.40 bits per heavy atom. The number of amides is 1. The van der Waals surface area contributed by atoms with E-state index in [1.807, 2.05) is 0 Å². The zero-order valence-electron chi connectivity index (χ0n) is 12.1. The van der Waals surface area contributed by atoms with Crippen molar-refractivity contribution in [2.75, 3.05) is 13.2 Å². The van der Waals surface area contributed by atoms with Crippen LogP contribution in [0.1, 0.15) is 27.2 Å². The van der Waals surface area contributed by atoms with Gasteiger partial charge in [-0.25, -0.2) is 4.79 Å². The number of carbonyl (C=O) groups excluding carboxylic acids is 2. The van der Waals surface area contributed by atoms with Gasteiger partial charge in [0.15, 0.2) is 0 Å². The molecule has 1 amide bonds. The molecular formula is C13H23NO6. The number of rotatable bonds is 7. The van der Waals surface area contributed by atoms with Crippen LogP contribution in [0.25, 0.3) is 0 Å². The quantitative estimate of drug-likeness (QED) is 0.461. The summed E-state index contributed by atoms with van der Waals surface area (Å²) in [7, 11) is 0. The summed E-state index contributed by atoms with van der Waals surface area (Å²) >= 11 is 0. The van der Waals surface area contributed by atoms with E-state index in [4.69, 9.17) is 9.84 Å². The maximum Gasteiger partial charge on any atom is 0.407 e. The maximum absolute atomic E-state index is 11.7. The highest BCUT2D eigenvalue weighted by Gasteiger charge is 2.27. The van der Waals surface area contributed by atoms with E-state index in [9.17, 15) is 14.7 Å². The van der Waals surface area contributed by atoms with Gasteiger partial charge in [0.1, 0.15) is 12.2 Å². The van der Waals surface area contributed by atoms with Crippen molar-refractivity contribution in [3.8, 4) is 0 Å². The summed E-state index contributed by atoms with van der Waals surface area (Å²) < 4.78 is 9.77. The molecule has 0 aromatic carbocycles. The van der Waals surface area contributed by atoms with Gasteiger partial charge in [0, 0.05) is 0 Å². The number of carbonyl (C=O) groups is 2. The minimum Gasteiger partial charge on any atom is -0.460 e. The Morgan fingerprint density at radius 2 is 2.00 bits per heavy atom. The molecular weight excluding hydrogens is 266 g/mol. The van der Waals surface area contributed by atoms with Gasteiger partial charge in [0.05, 0.1) is 25.2 Å². The fourth-order valence-corrected chi connectivity index (χ4v) is 1.30. The van der Waals surface area contributed by atoms with Crippen LogP contribution in [0.4, 0.5) is 4.79 Å². The summed E-state index contributed by atoms with van der Waals surface area (Å²) in [5.41, 5.74) is -0.671. The topological polar surface area (TPSA) is 105 Å². The molecule has 0 aliphatic heterocycles. The van der Waals surface area contributed by atoms with E-state index in [-0.39, 0.29) is 13.0 Å². The molecule has 0 saturated heterocycles. The monoisotopic (exact) mass is 289 g/mol. The molecule has 0 radical (unpaired) electrons. The van der Waals surface area contributed by atoms with Gasteiger partial charge in [-0.3, -0.25) is 4.79 Å². The van der Waals surface area contributed by atoms with Crippen LogP contribution in [0.3, 0.4) is 0 Å². The van der Waals surface area contributed by atoms with Crippen molar-refractivity contribution in [1.29, 1.82) is 0 Å². The molecule has 0 rings (SSSR count). The van der Waals surface area contributed by atoms with Crippen molar-refractivity contribution in [1.82, 2.24) is 5.32 Å². The van der Waals surface area contributed by atoms with Gasteiger partial charge in [-0.05, 0) is 20.8 Å². The van der Waals surface area contributed by atoms with Gasteiger partial charge in [-0.1, -0.05) is 12.7 Å². The lowest BCUT2D eigenvalue weighted by Gasteiger charge is -2.24. The highest BCUT2D eigenvalue weighted by atomic mass is 16.6. The van der Waals surface area contributed by atoms with Crippen molar-refractivity contribution >= 4 is 12.1 Å². The molecule has 0 bridgehead atoms. The Balaban J connectivity index is 4.53. The molecule has 0 heterocycles. The van der Waals surface area contributed by atoms with Crippen molar-refractivity contribution in [3.63, 3.8) is 0 Å². The third-order valence-corrected chi connectivity index (χ3v) is 2.09. The van der Waals surface area contributed by atoms with E-state index < -0.39 is 36.4 Å². The van der Waals surface area contributed by atoms with Crippen LogP contribution in [0, 0.1) is 0 Å². The molecule has 0 unspecified atom stereocenters. The molecule has 0 aromatic rings. The Kier molecular flexibility index (Phi) is 7.86. The second-order valence-electron chi connectivity index (χ2n) is 5.18. The predicted molar refractivity (Wildman–Crippen MR) is 72.0 cm³/mol. The third kappa shape index (κ3) is 8.49. The van der Waals surface area contributed by atoms with Gasteiger partial charge in [0.25, 0.3) is 0 Å². The Labute approximate surface area is 118 Å².